The molecule has 0 saturated carbocycles. The first-order valence-electron chi connectivity index (χ1n) is 6.07. The molecule has 0 aromatic carbocycles. The average molecular weight is 247 g/mol. The second-order valence-corrected chi connectivity index (χ2v) is 4.32. The summed E-state index contributed by atoms with van der Waals surface area (Å²) in [5, 5.41) is 12.6. The monoisotopic (exact) mass is 247 g/mol. The first-order chi connectivity index (χ1) is 8.02. The molecule has 5 heteroatoms. The number of hydrogen-bond acceptors (Lipinski definition) is 4. The summed E-state index contributed by atoms with van der Waals surface area (Å²) in [7, 11) is 1.59. The molecule has 0 aromatic heterocycles. The summed E-state index contributed by atoms with van der Waals surface area (Å²) in [5.74, 6) is -0.0533. The maximum absolute atomic E-state index is 11.4. The number of methoxy groups -OCH3 is 1. The van der Waals surface area contributed by atoms with Gasteiger partial charge in [-0.3, -0.25) is 4.79 Å². The lowest BCUT2D eigenvalue weighted by atomic mass is 10.0. The average Bonchev–Trinajstić information content (AvgIpc) is 2.30. The molecule has 1 atom stereocenters. The third kappa shape index (κ3) is 10.2. The van der Waals surface area contributed by atoms with Crippen molar-refractivity contribution in [2.75, 3.05) is 33.5 Å². The van der Waals surface area contributed by atoms with Crippen LogP contribution in [-0.4, -0.2) is 50.1 Å². The summed E-state index contributed by atoms with van der Waals surface area (Å²) in [6, 6.07) is 0. The van der Waals surface area contributed by atoms with Crippen molar-refractivity contribution in [3.8, 4) is 0 Å². The summed E-state index contributed by atoms with van der Waals surface area (Å²) in [5.41, 5.74) is -0.911. The van der Waals surface area contributed by atoms with E-state index in [0.717, 1.165) is 0 Å². The standard InChI is InChI=1S/C12H25NO4/c1-4-17-8-5-6-11(14)13-10-12(2,15)7-9-16-3/h15H,4-10H2,1-3H3,(H,13,14). The largest absolute Gasteiger partial charge is 0.388 e. The van der Waals surface area contributed by atoms with Gasteiger partial charge in [0, 0.05) is 46.3 Å². The molecule has 2 N–H and O–H groups in total. The van der Waals surface area contributed by atoms with Crippen LogP contribution in [0.4, 0.5) is 0 Å². The Labute approximate surface area is 103 Å². The van der Waals surface area contributed by atoms with Crippen molar-refractivity contribution in [2.45, 2.75) is 38.7 Å². The molecule has 0 bridgehead atoms. The molecule has 17 heavy (non-hydrogen) atoms. The Morgan fingerprint density at radius 3 is 2.71 bits per heavy atom. The quantitative estimate of drug-likeness (QED) is 0.558. The number of amides is 1. The van der Waals surface area contributed by atoms with Crippen molar-refractivity contribution in [2.24, 2.45) is 0 Å². The zero-order valence-electron chi connectivity index (χ0n) is 11.1. The van der Waals surface area contributed by atoms with E-state index >= 15 is 0 Å². The van der Waals surface area contributed by atoms with Crippen molar-refractivity contribution >= 4 is 5.91 Å². The van der Waals surface area contributed by atoms with Gasteiger partial charge in [-0.2, -0.15) is 0 Å². The van der Waals surface area contributed by atoms with Gasteiger partial charge in [-0.1, -0.05) is 0 Å². The summed E-state index contributed by atoms with van der Waals surface area (Å²) in [4.78, 5) is 11.4. The third-order valence-corrected chi connectivity index (χ3v) is 2.41. The fraction of sp³-hybridized carbons (Fsp3) is 0.917. The van der Waals surface area contributed by atoms with Gasteiger partial charge in [-0.15, -0.1) is 0 Å². The highest BCUT2D eigenvalue weighted by atomic mass is 16.5. The van der Waals surface area contributed by atoms with E-state index in [4.69, 9.17) is 9.47 Å². The lowest BCUT2D eigenvalue weighted by molar-refractivity contribution is -0.122. The number of ether oxygens (including phenoxy) is 2. The topological polar surface area (TPSA) is 67.8 Å². The number of aliphatic hydroxyl groups is 1. The van der Waals surface area contributed by atoms with Crippen molar-refractivity contribution in [3.05, 3.63) is 0 Å². The van der Waals surface area contributed by atoms with Crippen molar-refractivity contribution in [3.63, 3.8) is 0 Å². The Morgan fingerprint density at radius 2 is 2.12 bits per heavy atom. The summed E-state index contributed by atoms with van der Waals surface area (Å²) >= 11 is 0. The van der Waals surface area contributed by atoms with Crippen LogP contribution in [0.3, 0.4) is 0 Å². The number of rotatable bonds is 10. The van der Waals surface area contributed by atoms with E-state index in [0.29, 0.717) is 39.1 Å². The lowest BCUT2D eigenvalue weighted by Crippen LogP contribution is -2.41. The minimum absolute atomic E-state index is 0.0533. The Morgan fingerprint density at radius 1 is 1.41 bits per heavy atom. The van der Waals surface area contributed by atoms with Gasteiger partial charge >= 0.3 is 0 Å². The molecular formula is C12H25NO4. The predicted octanol–water partition coefficient (Wildman–Crippen LogP) is 0.707. The van der Waals surface area contributed by atoms with Gasteiger partial charge in [0.25, 0.3) is 0 Å². The number of carbonyl (C=O) groups excluding carboxylic acids is 1. The fourth-order valence-electron chi connectivity index (χ4n) is 1.27. The first-order valence-corrected chi connectivity index (χ1v) is 6.07. The van der Waals surface area contributed by atoms with E-state index < -0.39 is 5.60 Å². The molecule has 0 fully saturated rings. The van der Waals surface area contributed by atoms with Crippen LogP contribution in [0.1, 0.15) is 33.1 Å². The SMILES string of the molecule is CCOCCCC(=O)NCC(C)(O)CCOC. The maximum atomic E-state index is 11.4. The summed E-state index contributed by atoms with van der Waals surface area (Å²) in [6.07, 6.45) is 1.64. The van der Waals surface area contributed by atoms with E-state index in [2.05, 4.69) is 5.32 Å². The fourth-order valence-corrected chi connectivity index (χ4v) is 1.27. The van der Waals surface area contributed by atoms with Crippen LogP contribution < -0.4 is 5.32 Å². The summed E-state index contributed by atoms with van der Waals surface area (Å²) in [6.45, 7) is 5.62. The molecule has 102 valence electrons. The Kier molecular flexibility index (Phi) is 9.03. The molecule has 0 aromatic rings. The normalized spacial score (nSPS) is 14.4. The number of nitrogens with one attached hydrogen (secondary N) is 1. The molecule has 0 radical (unpaired) electrons. The Bertz CT molecular complexity index is 207. The Balaban J connectivity index is 3.60. The smallest absolute Gasteiger partial charge is 0.220 e. The summed E-state index contributed by atoms with van der Waals surface area (Å²) < 4.78 is 10.0. The van der Waals surface area contributed by atoms with Crippen LogP contribution in [0.25, 0.3) is 0 Å². The van der Waals surface area contributed by atoms with Crippen LogP contribution >= 0.6 is 0 Å². The van der Waals surface area contributed by atoms with Crippen molar-refractivity contribution < 1.29 is 19.4 Å². The molecule has 1 unspecified atom stereocenters. The van der Waals surface area contributed by atoms with Gasteiger partial charge in [0.05, 0.1) is 5.60 Å². The second-order valence-electron chi connectivity index (χ2n) is 4.32. The van der Waals surface area contributed by atoms with E-state index in [1.807, 2.05) is 6.92 Å². The van der Waals surface area contributed by atoms with Crippen LogP contribution in [0.2, 0.25) is 0 Å². The molecule has 0 aliphatic carbocycles. The highest BCUT2D eigenvalue weighted by Crippen LogP contribution is 2.07. The van der Waals surface area contributed by atoms with Crippen LogP contribution in [-0.2, 0) is 14.3 Å². The number of hydrogen-bond donors (Lipinski definition) is 2. The minimum Gasteiger partial charge on any atom is -0.388 e. The van der Waals surface area contributed by atoms with E-state index in [-0.39, 0.29) is 12.5 Å². The van der Waals surface area contributed by atoms with Gasteiger partial charge in [-0.25, -0.2) is 0 Å². The highest BCUT2D eigenvalue weighted by molar-refractivity contribution is 5.75. The maximum Gasteiger partial charge on any atom is 0.220 e. The van der Waals surface area contributed by atoms with E-state index in [1.54, 1.807) is 14.0 Å². The van der Waals surface area contributed by atoms with Crippen LogP contribution in [0.15, 0.2) is 0 Å². The zero-order valence-corrected chi connectivity index (χ0v) is 11.1. The molecule has 0 aliphatic heterocycles. The van der Waals surface area contributed by atoms with E-state index in [9.17, 15) is 9.90 Å². The molecule has 0 aliphatic rings. The van der Waals surface area contributed by atoms with E-state index in [1.165, 1.54) is 0 Å². The molecular weight excluding hydrogens is 222 g/mol. The molecule has 1 amide bonds. The van der Waals surface area contributed by atoms with Gasteiger partial charge in [0.15, 0.2) is 0 Å². The minimum atomic E-state index is -0.911. The van der Waals surface area contributed by atoms with Crippen molar-refractivity contribution in [1.82, 2.24) is 5.32 Å². The van der Waals surface area contributed by atoms with Crippen LogP contribution in [0, 0.1) is 0 Å². The lowest BCUT2D eigenvalue weighted by Gasteiger charge is -2.23. The zero-order chi connectivity index (χ0) is 13.1. The Hall–Kier alpha value is -0.650. The highest BCUT2D eigenvalue weighted by Gasteiger charge is 2.20. The van der Waals surface area contributed by atoms with Gasteiger partial charge in [-0.05, 0) is 20.3 Å². The molecule has 0 heterocycles. The van der Waals surface area contributed by atoms with Crippen molar-refractivity contribution in [1.29, 1.82) is 0 Å². The first kappa shape index (κ1) is 16.4. The van der Waals surface area contributed by atoms with Gasteiger partial charge in [0.1, 0.15) is 0 Å². The molecule has 0 spiro atoms. The molecule has 5 nitrogen and oxygen atoms in total. The molecule has 0 rings (SSSR count). The number of carbonyl (C=O) groups is 1. The van der Waals surface area contributed by atoms with Crippen LogP contribution in [0.5, 0.6) is 0 Å². The van der Waals surface area contributed by atoms with Gasteiger partial charge < -0.3 is 19.9 Å². The third-order valence-electron chi connectivity index (χ3n) is 2.41. The second kappa shape index (κ2) is 9.39. The van der Waals surface area contributed by atoms with Gasteiger partial charge in [0.2, 0.25) is 5.91 Å². The predicted molar refractivity (Wildman–Crippen MR) is 65.9 cm³/mol. The molecule has 0 saturated heterocycles.